The molecule has 0 saturated heterocycles. The van der Waals surface area contributed by atoms with Gasteiger partial charge in [0.25, 0.3) is 0 Å². The summed E-state index contributed by atoms with van der Waals surface area (Å²) in [5, 5.41) is 13.3. The van der Waals surface area contributed by atoms with Crippen LogP contribution in [0, 0.1) is 11.3 Å². The zero-order valence-electron chi connectivity index (χ0n) is 9.67. The molecule has 0 bridgehead atoms. The van der Waals surface area contributed by atoms with Crippen LogP contribution in [0.3, 0.4) is 0 Å². The lowest BCUT2D eigenvalue weighted by molar-refractivity contribution is 0.765. The molecule has 94 valence electrons. The van der Waals surface area contributed by atoms with Crippen LogP contribution in [0.4, 0.5) is 0 Å². The molecular weight excluding hydrogens is 271 g/mol. The molecule has 6 heteroatoms. The summed E-state index contributed by atoms with van der Waals surface area (Å²) in [6, 6.07) is 6.93. The standard InChI is InChI=1S/C12H11ClN4.ClH/c1-17-7-10(6-16-17)12(15)8-2-3-9(5-14)11(13)4-8;/h2-4,6-7,12H,15H2,1H3;1H/t12-;/m0./s1. The summed E-state index contributed by atoms with van der Waals surface area (Å²) in [7, 11) is 1.84. The highest BCUT2D eigenvalue weighted by atomic mass is 35.5. The molecule has 4 nitrogen and oxygen atoms in total. The first-order chi connectivity index (χ1) is 8.11. The third-order valence-electron chi connectivity index (χ3n) is 2.56. The van der Waals surface area contributed by atoms with Crippen molar-refractivity contribution >= 4 is 24.0 Å². The maximum absolute atomic E-state index is 8.79. The minimum Gasteiger partial charge on any atom is -0.320 e. The van der Waals surface area contributed by atoms with Crippen LogP contribution < -0.4 is 5.73 Å². The van der Waals surface area contributed by atoms with E-state index in [1.54, 1.807) is 23.0 Å². The summed E-state index contributed by atoms with van der Waals surface area (Å²) in [5.74, 6) is 0. The Hall–Kier alpha value is -1.54. The van der Waals surface area contributed by atoms with Gasteiger partial charge in [-0.2, -0.15) is 10.4 Å². The lowest BCUT2D eigenvalue weighted by Gasteiger charge is -2.10. The van der Waals surface area contributed by atoms with Crippen LogP contribution in [0.15, 0.2) is 30.6 Å². The molecule has 1 aromatic heterocycles. The van der Waals surface area contributed by atoms with Crippen molar-refractivity contribution in [3.05, 3.63) is 52.3 Å². The van der Waals surface area contributed by atoms with Gasteiger partial charge in [-0.1, -0.05) is 17.7 Å². The predicted molar refractivity (Wildman–Crippen MR) is 72.7 cm³/mol. The van der Waals surface area contributed by atoms with Crippen molar-refractivity contribution in [2.75, 3.05) is 0 Å². The Bertz CT molecular complexity index is 586. The molecule has 0 fully saturated rings. The second-order valence-electron chi connectivity index (χ2n) is 3.78. The van der Waals surface area contributed by atoms with E-state index in [1.165, 1.54) is 0 Å². The molecule has 1 atom stereocenters. The summed E-state index contributed by atoms with van der Waals surface area (Å²) < 4.78 is 1.69. The molecule has 0 unspecified atom stereocenters. The van der Waals surface area contributed by atoms with Crippen molar-refractivity contribution in [1.29, 1.82) is 5.26 Å². The van der Waals surface area contributed by atoms with Crippen molar-refractivity contribution in [3.8, 4) is 6.07 Å². The first kappa shape index (κ1) is 14.5. The van der Waals surface area contributed by atoms with Crippen LogP contribution in [0.25, 0.3) is 0 Å². The Morgan fingerprint density at radius 2 is 2.17 bits per heavy atom. The molecule has 0 saturated carbocycles. The molecule has 18 heavy (non-hydrogen) atoms. The molecule has 2 N–H and O–H groups in total. The van der Waals surface area contributed by atoms with E-state index in [-0.39, 0.29) is 18.4 Å². The number of hydrogen-bond acceptors (Lipinski definition) is 3. The zero-order valence-corrected chi connectivity index (χ0v) is 11.2. The molecule has 0 amide bonds. The number of nitrogens with zero attached hydrogens (tertiary/aromatic N) is 3. The summed E-state index contributed by atoms with van der Waals surface area (Å²) >= 11 is 5.97. The Morgan fingerprint density at radius 1 is 1.44 bits per heavy atom. The molecule has 1 heterocycles. The molecular formula is C12H12Cl2N4. The van der Waals surface area contributed by atoms with Gasteiger partial charge in [0, 0.05) is 18.8 Å². The van der Waals surface area contributed by atoms with E-state index in [0.29, 0.717) is 10.6 Å². The van der Waals surface area contributed by atoms with Gasteiger partial charge in [0.2, 0.25) is 0 Å². The van der Waals surface area contributed by atoms with Gasteiger partial charge in [-0.05, 0) is 17.7 Å². The zero-order chi connectivity index (χ0) is 12.4. The van der Waals surface area contributed by atoms with Gasteiger partial charge in [0.15, 0.2) is 0 Å². The van der Waals surface area contributed by atoms with Gasteiger partial charge < -0.3 is 5.73 Å². The highest BCUT2D eigenvalue weighted by molar-refractivity contribution is 6.31. The number of aromatic nitrogens is 2. The van der Waals surface area contributed by atoms with Crippen LogP contribution in [-0.4, -0.2) is 9.78 Å². The van der Waals surface area contributed by atoms with Gasteiger partial charge >= 0.3 is 0 Å². The third kappa shape index (κ3) is 2.82. The Morgan fingerprint density at radius 3 is 2.67 bits per heavy atom. The fourth-order valence-corrected chi connectivity index (χ4v) is 1.84. The van der Waals surface area contributed by atoms with Gasteiger partial charge in [0.05, 0.1) is 22.8 Å². The number of nitrogens with two attached hydrogens (primary N) is 1. The molecule has 2 aromatic rings. The van der Waals surface area contributed by atoms with Crippen LogP contribution in [-0.2, 0) is 7.05 Å². The summed E-state index contributed by atoms with van der Waals surface area (Å²) in [5.41, 5.74) is 8.32. The topological polar surface area (TPSA) is 67.6 Å². The average Bonchev–Trinajstić information content (AvgIpc) is 2.75. The number of hydrogen-bond donors (Lipinski definition) is 1. The fourth-order valence-electron chi connectivity index (χ4n) is 1.61. The third-order valence-corrected chi connectivity index (χ3v) is 2.87. The molecule has 0 aliphatic carbocycles. The molecule has 0 aliphatic heterocycles. The van der Waals surface area contributed by atoms with E-state index in [9.17, 15) is 0 Å². The first-order valence-electron chi connectivity index (χ1n) is 5.05. The Kier molecular flexibility index (Phi) is 4.74. The number of nitriles is 1. The fraction of sp³-hybridized carbons (Fsp3) is 0.167. The van der Waals surface area contributed by atoms with E-state index >= 15 is 0 Å². The Labute approximate surface area is 116 Å². The van der Waals surface area contributed by atoms with Crippen LogP contribution in [0.1, 0.15) is 22.7 Å². The minimum atomic E-state index is -0.283. The lowest BCUT2D eigenvalue weighted by atomic mass is 10.0. The van der Waals surface area contributed by atoms with Crippen molar-refractivity contribution in [2.45, 2.75) is 6.04 Å². The summed E-state index contributed by atoms with van der Waals surface area (Å²) in [4.78, 5) is 0. The molecule has 0 aliphatic rings. The summed E-state index contributed by atoms with van der Waals surface area (Å²) in [6.07, 6.45) is 3.58. The number of rotatable bonds is 2. The number of halogens is 2. The highest BCUT2D eigenvalue weighted by Gasteiger charge is 2.12. The van der Waals surface area contributed by atoms with Gasteiger partial charge in [-0.25, -0.2) is 0 Å². The normalized spacial score (nSPS) is 11.4. The van der Waals surface area contributed by atoms with Gasteiger partial charge in [-0.15, -0.1) is 12.4 Å². The monoisotopic (exact) mass is 282 g/mol. The molecule has 0 spiro atoms. The van der Waals surface area contributed by atoms with Crippen molar-refractivity contribution in [3.63, 3.8) is 0 Å². The molecule has 1 aromatic carbocycles. The van der Waals surface area contributed by atoms with Crippen LogP contribution >= 0.6 is 24.0 Å². The van der Waals surface area contributed by atoms with E-state index < -0.39 is 0 Å². The second-order valence-corrected chi connectivity index (χ2v) is 4.18. The number of benzene rings is 1. The van der Waals surface area contributed by atoms with Gasteiger partial charge in [0.1, 0.15) is 6.07 Å². The summed E-state index contributed by atoms with van der Waals surface area (Å²) in [6.45, 7) is 0. The maximum Gasteiger partial charge on any atom is 0.101 e. The van der Waals surface area contributed by atoms with E-state index in [2.05, 4.69) is 5.10 Å². The average molecular weight is 283 g/mol. The number of aryl methyl sites for hydroxylation is 1. The lowest BCUT2D eigenvalue weighted by Crippen LogP contribution is -2.11. The van der Waals surface area contributed by atoms with Crippen molar-refractivity contribution < 1.29 is 0 Å². The quantitative estimate of drug-likeness (QED) is 0.920. The SMILES string of the molecule is Cl.Cn1cc([C@@H](N)c2ccc(C#N)c(Cl)c2)cn1. The minimum absolute atomic E-state index is 0. The predicted octanol–water partition coefficient (Wildman–Crippen LogP) is 2.42. The van der Waals surface area contributed by atoms with Crippen molar-refractivity contribution in [1.82, 2.24) is 9.78 Å². The first-order valence-corrected chi connectivity index (χ1v) is 5.43. The smallest absolute Gasteiger partial charge is 0.101 e. The Balaban J connectivity index is 0.00000162. The largest absolute Gasteiger partial charge is 0.320 e. The molecule has 2 rings (SSSR count). The highest BCUT2D eigenvalue weighted by Crippen LogP contribution is 2.24. The van der Waals surface area contributed by atoms with Crippen molar-refractivity contribution in [2.24, 2.45) is 12.8 Å². The van der Waals surface area contributed by atoms with E-state index in [1.807, 2.05) is 25.4 Å². The van der Waals surface area contributed by atoms with Crippen LogP contribution in [0.2, 0.25) is 5.02 Å². The van der Waals surface area contributed by atoms with E-state index in [0.717, 1.165) is 11.1 Å². The van der Waals surface area contributed by atoms with Gasteiger partial charge in [-0.3, -0.25) is 4.68 Å². The maximum atomic E-state index is 8.79. The van der Waals surface area contributed by atoms with E-state index in [4.69, 9.17) is 22.6 Å². The second kappa shape index (κ2) is 5.87. The molecule has 0 radical (unpaired) electrons. The van der Waals surface area contributed by atoms with Crippen LogP contribution in [0.5, 0.6) is 0 Å².